The molecule has 0 aliphatic rings. The Bertz CT molecular complexity index is 1930. The van der Waals surface area contributed by atoms with E-state index in [0.717, 1.165) is 10.5 Å². The summed E-state index contributed by atoms with van der Waals surface area (Å²) in [5, 5.41) is 19.2. The average Bonchev–Trinajstić information content (AvgIpc) is 3.59. The van der Waals surface area contributed by atoms with Crippen LogP contribution in [-0.4, -0.2) is 96.1 Å². The van der Waals surface area contributed by atoms with Crippen LogP contribution < -0.4 is 30.7 Å². The highest BCUT2D eigenvalue weighted by Gasteiger charge is 2.31. The molecule has 0 saturated heterocycles. The molecule has 3 aromatic rings. The molecule has 3 rings (SSSR count). The quantitative estimate of drug-likeness (QED) is 0.0783. The third-order valence-corrected chi connectivity index (χ3v) is 8.90. The van der Waals surface area contributed by atoms with Gasteiger partial charge in [0.2, 0.25) is 18.2 Å². The highest BCUT2D eigenvalue weighted by atomic mass is 16.5. The molecule has 0 radical (unpaired) electrons. The molecule has 5 amide bonds. The van der Waals surface area contributed by atoms with Crippen molar-refractivity contribution in [1.82, 2.24) is 30.5 Å². The van der Waals surface area contributed by atoms with E-state index in [0.29, 0.717) is 47.0 Å². The van der Waals surface area contributed by atoms with Crippen molar-refractivity contribution in [2.24, 2.45) is 0 Å². The lowest BCUT2D eigenvalue weighted by Crippen LogP contribution is -2.47. The predicted molar refractivity (Wildman–Crippen MR) is 225 cm³/mol. The molecule has 2 unspecified atom stereocenters. The van der Waals surface area contributed by atoms with Crippen LogP contribution in [0.25, 0.3) is 5.69 Å². The monoisotopic (exact) mass is 804 g/mol. The lowest BCUT2D eigenvalue weighted by molar-refractivity contribution is -0.146. The summed E-state index contributed by atoms with van der Waals surface area (Å²) in [6, 6.07) is 9.72. The van der Waals surface area contributed by atoms with Gasteiger partial charge in [-0.15, -0.1) is 11.7 Å². The molecule has 0 fully saturated rings. The number of likely N-dealkylation sites (N-methyl/N-ethyl adjacent to an activating group) is 1. The number of ether oxygens (including phenoxy) is 2. The van der Waals surface area contributed by atoms with E-state index >= 15 is 0 Å². The Balaban J connectivity index is 0.000000581. The van der Waals surface area contributed by atoms with E-state index in [2.05, 4.69) is 65.5 Å². The van der Waals surface area contributed by atoms with Gasteiger partial charge in [0.1, 0.15) is 23.5 Å². The Morgan fingerprint density at radius 1 is 0.983 bits per heavy atom. The van der Waals surface area contributed by atoms with Gasteiger partial charge < -0.3 is 35.5 Å². The third-order valence-electron chi connectivity index (χ3n) is 8.90. The van der Waals surface area contributed by atoms with E-state index in [9.17, 15) is 28.8 Å². The van der Waals surface area contributed by atoms with Crippen LogP contribution >= 0.6 is 0 Å². The molecule has 1 heterocycles. The molecule has 0 saturated carbocycles. The predicted octanol–water partition coefficient (Wildman–Crippen LogP) is 5.30. The second kappa shape index (κ2) is 23.2. The Labute approximate surface area is 341 Å². The van der Waals surface area contributed by atoms with Crippen LogP contribution in [0.3, 0.4) is 0 Å². The number of hydrogen-bond donors (Lipinski definition) is 4. The molecule has 16 nitrogen and oxygen atoms in total. The highest BCUT2D eigenvalue weighted by molar-refractivity contribution is 6.05. The summed E-state index contributed by atoms with van der Waals surface area (Å²) in [6.07, 6.45) is 3.07. The maximum atomic E-state index is 13.0. The molecule has 2 atom stereocenters. The lowest BCUT2D eigenvalue weighted by Gasteiger charge is -2.30. The molecular formula is C42H60N8O8. The molecule has 1 aromatic heterocycles. The van der Waals surface area contributed by atoms with Crippen molar-refractivity contribution >= 4 is 47.7 Å². The van der Waals surface area contributed by atoms with E-state index in [1.165, 1.54) is 18.7 Å². The second-order valence-electron chi connectivity index (χ2n) is 14.0. The number of carbonyl (C=O) groups is 6. The van der Waals surface area contributed by atoms with Crippen molar-refractivity contribution < 1.29 is 38.2 Å². The Kier molecular flexibility index (Phi) is 19.9. The first-order valence-corrected chi connectivity index (χ1v) is 18.7. The Morgan fingerprint density at radius 2 is 1.62 bits per heavy atom. The standard InChI is InChI=1S/C23H27N5O4.C17H27N3O4.C2H6/c1-14-21(26-27-28(14)19-12-18(31-5)7-8-20(19)32-6)22(30)25-17-10-15(23(2,3)4)9-16(11-17)24-13-29;1-7-17(4,19-6)10-12(2)16(24)20(13(3)22)14(11-21)8-9-15(23)18-5;1-2/h7-13H,1-6H3,(H,24,29)(H,25,30);7,11,14,19H,1-2,8-10H2,3-6H3,(H,18,23);1-2H3. The zero-order valence-electron chi connectivity index (χ0n) is 35.9. The van der Waals surface area contributed by atoms with Crippen molar-refractivity contribution in [3.05, 3.63) is 78.2 Å². The summed E-state index contributed by atoms with van der Waals surface area (Å²) < 4.78 is 12.2. The summed E-state index contributed by atoms with van der Waals surface area (Å²) in [4.78, 5) is 72.0. The molecule has 2 aromatic carbocycles. The summed E-state index contributed by atoms with van der Waals surface area (Å²) >= 11 is 0. The lowest BCUT2D eigenvalue weighted by atomic mass is 9.86. The van der Waals surface area contributed by atoms with Gasteiger partial charge in [0.15, 0.2) is 5.69 Å². The van der Waals surface area contributed by atoms with E-state index < -0.39 is 29.3 Å². The molecule has 16 heteroatoms. The van der Waals surface area contributed by atoms with Crippen molar-refractivity contribution in [3.63, 3.8) is 0 Å². The van der Waals surface area contributed by atoms with Gasteiger partial charge in [-0.1, -0.05) is 52.5 Å². The van der Waals surface area contributed by atoms with Gasteiger partial charge in [-0.2, -0.15) is 0 Å². The highest BCUT2D eigenvalue weighted by Crippen LogP contribution is 2.30. The molecule has 0 bridgehead atoms. The minimum atomic E-state index is -1.01. The van der Waals surface area contributed by atoms with Gasteiger partial charge in [0.25, 0.3) is 11.8 Å². The summed E-state index contributed by atoms with van der Waals surface area (Å²) in [6.45, 7) is 22.4. The van der Waals surface area contributed by atoms with Gasteiger partial charge in [-0.25, -0.2) is 4.68 Å². The molecule has 4 N–H and O–H groups in total. The number of rotatable bonds is 17. The first-order chi connectivity index (χ1) is 27.3. The summed E-state index contributed by atoms with van der Waals surface area (Å²) in [5.41, 5.74) is 2.82. The van der Waals surface area contributed by atoms with Crippen molar-refractivity contribution in [2.75, 3.05) is 38.9 Å². The fourth-order valence-electron chi connectivity index (χ4n) is 5.35. The van der Waals surface area contributed by atoms with Crippen molar-refractivity contribution in [1.29, 1.82) is 0 Å². The molecule has 0 aliphatic carbocycles. The maximum Gasteiger partial charge on any atom is 0.278 e. The molecule has 58 heavy (non-hydrogen) atoms. The van der Waals surface area contributed by atoms with Gasteiger partial charge in [-0.05, 0) is 75.0 Å². The first kappa shape index (κ1) is 49.9. The summed E-state index contributed by atoms with van der Waals surface area (Å²) in [5.74, 6) is -0.700. The van der Waals surface area contributed by atoms with Crippen LogP contribution in [0.1, 0.15) is 89.5 Å². The smallest absolute Gasteiger partial charge is 0.278 e. The zero-order chi connectivity index (χ0) is 44.4. The van der Waals surface area contributed by atoms with Crippen LogP contribution in [-0.2, 0) is 29.4 Å². The number of anilines is 2. The van der Waals surface area contributed by atoms with E-state index in [1.54, 1.807) is 58.5 Å². The number of carbonyl (C=O) groups excluding carboxylic acids is 6. The number of aromatic nitrogens is 3. The minimum absolute atomic E-state index is 0.0321. The first-order valence-electron chi connectivity index (χ1n) is 18.7. The van der Waals surface area contributed by atoms with Crippen LogP contribution in [0.15, 0.2) is 61.2 Å². The Morgan fingerprint density at radius 3 is 2.12 bits per heavy atom. The summed E-state index contributed by atoms with van der Waals surface area (Å²) in [7, 11) is 6.32. The Hall–Kier alpha value is -6.16. The molecule has 316 valence electrons. The van der Waals surface area contributed by atoms with Crippen molar-refractivity contribution in [2.45, 2.75) is 91.6 Å². The van der Waals surface area contributed by atoms with Gasteiger partial charge >= 0.3 is 0 Å². The van der Waals surface area contributed by atoms with Gasteiger partial charge in [0, 0.05) is 48.9 Å². The fraction of sp³-hybridized carbons (Fsp3) is 0.429. The second-order valence-corrected chi connectivity index (χ2v) is 14.0. The van der Waals surface area contributed by atoms with E-state index in [4.69, 9.17) is 9.47 Å². The number of imide groups is 1. The SMILES string of the molecule is C=CC(C)(CC(=C)C(=O)N(C(C)=O)C(C=O)CCC(=O)NC)NC.CC.COc1ccc(OC)c(-n2nnc(C(=O)Nc3cc(NC=O)cc(C(C)(C)C)c3)c2C)c1. The number of benzene rings is 2. The number of aldehydes is 1. The van der Waals surface area contributed by atoms with Crippen LogP contribution in [0.4, 0.5) is 11.4 Å². The average molecular weight is 805 g/mol. The number of hydrogen-bond acceptors (Lipinski definition) is 11. The zero-order valence-corrected chi connectivity index (χ0v) is 35.9. The van der Waals surface area contributed by atoms with Crippen LogP contribution in [0.5, 0.6) is 11.5 Å². The molecular weight excluding hydrogens is 745 g/mol. The van der Waals surface area contributed by atoms with Gasteiger partial charge in [-0.3, -0.25) is 28.9 Å². The number of nitrogens with zero attached hydrogens (tertiary/aromatic N) is 4. The largest absolute Gasteiger partial charge is 0.497 e. The van der Waals surface area contributed by atoms with E-state index in [-0.39, 0.29) is 41.9 Å². The number of nitrogens with one attached hydrogen (secondary N) is 4. The van der Waals surface area contributed by atoms with Crippen molar-refractivity contribution in [3.8, 4) is 17.2 Å². The van der Waals surface area contributed by atoms with Gasteiger partial charge in [0.05, 0.1) is 26.0 Å². The fourth-order valence-corrected chi connectivity index (χ4v) is 5.35. The third kappa shape index (κ3) is 13.8. The van der Waals surface area contributed by atoms with E-state index in [1.807, 2.05) is 32.9 Å². The minimum Gasteiger partial charge on any atom is -0.497 e. The van der Waals surface area contributed by atoms with Crippen LogP contribution in [0.2, 0.25) is 0 Å². The normalized spacial score (nSPS) is 12.0. The van der Waals surface area contributed by atoms with Crippen LogP contribution in [0, 0.1) is 6.92 Å². The topological polar surface area (TPSA) is 203 Å². The molecule has 0 aliphatic heterocycles. The number of amides is 5. The maximum absolute atomic E-state index is 13.0. The number of methoxy groups -OCH3 is 2. The molecule has 0 spiro atoms.